The third-order valence-corrected chi connectivity index (χ3v) is 3.18. The maximum atomic E-state index is 5.92. The number of benzene rings is 2. The molecule has 0 spiro atoms. The van der Waals surface area contributed by atoms with Crippen molar-refractivity contribution < 1.29 is 9.15 Å². The molecule has 0 bridgehead atoms. The molecule has 3 heteroatoms. The molecule has 0 N–H and O–H groups in total. The molecule has 0 aliphatic heterocycles. The molecule has 3 nitrogen and oxygen atoms in total. The summed E-state index contributed by atoms with van der Waals surface area (Å²) < 4.78 is 11.3. The van der Waals surface area contributed by atoms with Crippen LogP contribution in [0.4, 0.5) is 0 Å². The molecular formula is C18H17NO2. The van der Waals surface area contributed by atoms with Crippen LogP contribution in [-0.4, -0.2) is 11.6 Å². The van der Waals surface area contributed by atoms with Crippen LogP contribution in [0.1, 0.15) is 12.8 Å². The summed E-state index contributed by atoms with van der Waals surface area (Å²) in [5.41, 5.74) is 2.92. The Balaban J connectivity index is 2.06. The van der Waals surface area contributed by atoms with Crippen molar-refractivity contribution in [2.45, 2.75) is 13.5 Å². The van der Waals surface area contributed by atoms with Crippen LogP contribution >= 0.6 is 0 Å². The summed E-state index contributed by atoms with van der Waals surface area (Å²) in [5, 5.41) is 0. The van der Waals surface area contributed by atoms with Gasteiger partial charge in [-0.1, -0.05) is 60.7 Å². The van der Waals surface area contributed by atoms with E-state index in [0.29, 0.717) is 19.1 Å². The van der Waals surface area contributed by atoms with Crippen molar-refractivity contribution in [3.05, 3.63) is 66.6 Å². The standard InChI is InChI=1S/C18H17NO2/c1-2-20-13-16-19-17(14-9-5-3-6-10-14)18(21-16)15-11-7-4-8-12-15/h3-12H,2,13H2,1H3. The van der Waals surface area contributed by atoms with Crippen molar-refractivity contribution in [1.82, 2.24) is 4.98 Å². The van der Waals surface area contributed by atoms with Crippen LogP contribution in [0.3, 0.4) is 0 Å². The van der Waals surface area contributed by atoms with Gasteiger partial charge in [0.15, 0.2) is 5.76 Å². The first-order valence-corrected chi connectivity index (χ1v) is 7.06. The van der Waals surface area contributed by atoms with E-state index in [0.717, 1.165) is 22.6 Å². The Labute approximate surface area is 124 Å². The minimum Gasteiger partial charge on any atom is -0.437 e. The fourth-order valence-electron chi connectivity index (χ4n) is 2.19. The van der Waals surface area contributed by atoms with Gasteiger partial charge in [-0.25, -0.2) is 4.98 Å². The van der Waals surface area contributed by atoms with Crippen molar-refractivity contribution in [2.75, 3.05) is 6.61 Å². The molecule has 0 fully saturated rings. The Bertz CT molecular complexity index is 633. The van der Waals surface area contributed by atoms with Gasteiger partial charge in [0.2, 0.25) is 5.89 Å². The zero-order chi connectivity index (χ0) is 14.5. The highest BCUT2D eigenvalue weighted by Crippen LogP contribution is 2.32. The van der Waals surface area contributed by atoms with Gasteiger partial charge in [0.1, 0.15) is 12.3 Å². The van der Waals surface area contributed by atoms with Crippen molar-refractivity contribution in [2.24, 2.45) is 0 Å². The van der Waals surface area contributed by atoms with Crippen LogP contribution in [0.25, 0.3) is 22.6 Å². The van der Waals surface area contributed by atoms with E-state index in [1.54, 1.807) is 0 Å². The van der Waals surface area contributed by atoms with Crippen molar-refractivity contribution >= 4 is 0 Å². The number of hydrogen-bond acceptors (Lipinski definition) is 3. The molecule has 0 saturated carbocycles. The van der Waals surface area contributed by atoms with E-state index in [9.17, 15) is 0 Å². The smallest absolute Gasteiger partial charge is 0.221 e. The van der Waals surface area contributed by atoms with Gasteiger partial charge in [-0.15, -0.1) is 0 Å². The van der Waals surface area contributed by atoms with Gasteiger partial charge in [-0.2, -0.15) is 0 Å². The molecule has 0 saturated heterocycles. The first kappa shape index (κ1) is 13.6. The van der Waals surface area contributed by atoms with Crippen LogP contribution in [0.5, 0.6) is 0 Å². The average Bonchev–Trinajstić information content (AvgIpc) is 2.99. The summed E-state index contributed by atoms with van der Waals surface area (Å²) in [6.45, 7) is 2.99. The van der Waals surface area contributed by atoms with E-state index < -0.39 is 0 Å². The Morgan fingerprint density at radius 1 is 0.905 bits per heavy atom. The second-order valence-electron chi connectivity index (χ2n) is 4.65. The van der Waals surface area contributed by atoms with E-state index in [2.05, 4.69) is 4.98 Å². The molecule has 1 aromatic heterocycles. The predicted octanol–water partition coefficient (Wildman–Crippen LogP) is 4.55. The van der Waals surface area contributed by atoms with E-state index in [-0.39, 0.29) is 0 Å². The van der Waals surface area contributed by atoms with E-state index in [1.807, 2.05) is 67.6 Å². The summed E-state index contributed by atoms with van der Waals surface area (Å²) in [6.07, 6.45) is 0. The molecular weight excluding hydrogens is 262 g/mol. The van der Waals surface area contributed by atoms with Crippen molar-refractivity contribution in [3.63, 3.8) is 0 Å². The maximum absolute atomic E-state index is 5.92. The molecule has 0 unspecified atom stereocenters. The summed E-state index contributed by atoms with van der Waals surface area (Å²) >= 11 is 0. The van der Waals surface area contributed by atoms with E-state index in [1.165, 1.54) is 0 Å². The van der Waals surface area contributed by atoms with E-state index >= 15 is 0 Å². The lowest BCUT2D eigenvalue weighted by Gasteiger charge is -2.00. The third kappa shape index (κ3) is 3.03. The highest BCUT2D eigenvalue weighted by molar-refractivity contribution is 5.76. The van der Waals surface area contributed by atoms with Gasteiger partial charge in [0, 0.05) is 17.7 Å². The quantitative estimate of drug-likeness (QED) is 0.687. The molecule has 106 valence electrons. The number of ether oxygens (including phenoxy) is 1. The Kier molecular flexibility index (Phi) is 4.12. The van der Waals surface area contributed by atoms with Crippen LogP contribution < -0.4 is 0 Å². The lowest BCUT2D eigenvalue weighted by Crippen LogP contribution is -1.91. The molecule has 1 heterocycles. The Morgan fingerprint density at radius 2 is 1.52 bits per heavy atom. The molecule has 2 aromatic carbocycles. The monoisotopic (exact) mass is 279 g/mol. The molecule has 0 aliphatic rings. The van der Waals surface area contributed by atoms with Crippen LogP contribution in [0.2, 0.25) is 0 Å². The Morgan fingerprint density at radius 3 is 2.14 bits per heavy atom. The number of aromatic nitrogens is 1. The maximum Gasteiger partial charge on any atom is 0.221 e. The molecule has 21 heavy (non-hydrogen) atoms. The van der Waals surface area contributed by atoms with E-state index in [4.69, 9.17) is 9.15 Å². The summed E-state index contributed by atoms with van der Waals surface area (Å²) in [4.78, 5) is 4.60. The highest BCUT2D eigenvalue weighted by atomic mass is 16.5. The minimum atomic E-state index is 0.392. The zero-order valence-corrected chi connectivity index (χ0v) is 12.0. The van der Waals surface area contributed by atoms with Gasteiger partial charge < -0.3 is 9.15 Å². The van der Waals surface area contributed by atoms with Crippen LogP contribution in [0.15, 0.2) is 65.1 Å². The highest BCUT2D eigenvalue weighted by Gasteiger charge is 2.16. The molecule has 0 aliphatic carbocycles. The first-order chi connectivity index (χ1) is 10.4. The first-order valence-electron chi connectivity index (χ1n) is 7.06. The second kappa shape index (κ2) is 6.37. The number of nitrogens with zero attached hydrogens (tertiary/aromatic N) is 1. The fourth-order valence-corrected chi connectivity index (χ4v) is 2.19. The van der Waals surface area contributed by atoms with Crippen LogP contribution in [-0.2, 0) is 11.3 Å². The molecule has 3 aromatic rings. The average molecular weight is 279 g/mol. The fraction of sp³-hybridized carbons (Fsp3) is 0.167. The molecule has 3 rings (SSSR count). The van der Waals surface area contributed by atoms with Crippen molar-refractivity contribution in [3.8, 4) is 22.6 Å². The number of oxazole rings is 1. The minimum absolute atomic E-state index is 0.392. The molecule has 0 amide bonds. The SMILES string of the molecule is CCOCc1nc(-c2ccccc2)c(-c2ccccc2)o1. The van der Waals surface area contributed by atoms with Crippen molar-refractivity contribution in [1.29, 1.82) is 0 Å². The van der Waals surface area contributed by atoms with Gasteiger partial charge in [0.25, 0.3) is 0 Å². The largest absolute Gasteiger partial charge is 0.437 e. The molecule has 0 atom stereocenters. The second-order valence-corrected chi connectivity index (χ2v) is 4.65. The third-order valence-electron chi connectivity index (χ3n) is 3.18. The summed E-state index contributed by atoms with van der Waals surface area (Å²) in [5.74, 6) is 1.39. The molecule has 0 radical (unpaired) electrons. The lowest BCUT2D eigenvalue weighted by molar-refractivity contribution is 0.115. The van der Waals surface area contributed by atoms with Gasteiger partial charge >= 0.3 is 0 Å². The van der Waals surface area contributed by atoms with Crippen LogP contribution in [0, 0.1) is 0 Å². The Hall–Kier alpha value is -2.39. The van der Waals surface area contributed by atoms with Gasteiger partial charge in [-0.3, -0.25) is 0 Å². The predicted molar refractivity (Wildman–Crippen MR) is 82.7 cm³/mol. The normalized spacial score (nSPS) is 10.7. The zero-order valence-electron chi connectivity index (χ0n) is 12.0. The lowest BCUT2D eigenvalue weighted by atomic mass is 10.1. The van der Waals surface area contributed by atoms with Gasteiger partial charge in [-0.05, 0) is 6.92 Å². The number of rotatable bonds is 5. The topological polar surface area (TPSA) is 35.3 Å². The summed E-state index contributed by atoms with van der Waals surface area (Å²) in [6, 6.07) is 20.1. The summed E-state index contributed by atoms with van der Waals surface area (Å²) in [7, 11) is 0. The van der Waals surface area contributed by atoms with Gasteiger partial charge in [0.05, 0.1) is 0 Å². The number of hydrogen-bond donors (Lipinski definition) is 0.